The summed E-state index contributed by atoms with van der Waals surface area (Å²) in [4.78, 5) is 33.1. The number of aromatic nitrogens is 3. The molecule has 1 aromatic carbocycles. The number of hydrogen-bond acceptors (Lipinski definition) is 4. The molecule has 4 rings (SSSR count). The van der Waals surface area contributed by atoms with E-state index >= 15 is 0 Å². The molecule has 0 spiro atoms. The maximum Gasteiger partial charge on any atom is 0.407 e. The van der Waals surface area contributed by atoms with E-state index in [1.165, 1.54) is 17.0 Å². The van der Waals surface area contributed by atoms with Crippen molar-refractivity contribution < 1.29 is 19.1 Å². The first-order valence-electron chi connectivity index (χ1n) is 9.34. The highest BCUT2D eigenvalue weighted by atomic mass is 19.1. The van der Waals surface area contributed by atoms with Gasteiger partial charge in [0.1, 0.15) is 5.82 Å². The highest BCUT2D eigenvalue weighted by molar-refractivity contribution is 5.94. The van der Waals surface area contributed by atoms with E-state index in [2.05, 4.69) is 15.3 Å². The Hall–Kier alpha value is -3.49. The molecular weight excluding hydrogens is 377 g/mol. The molecule has 1 fully saturated rings. The van der Waals surface area contributed by atoms with E-state index in [1.807, 2.05) is 0 Å². The van der Waals surface area contributed by atoms with Crippen molar-refractivity contribution in [2.75, 3.05) is 13.1 Å². The number of imidazole rings is 1. The van der Waals surface area contributed by atoms with Gasteiger partial charge in [0.05, 0.1) is 24.0 Å². The molecule has 3 aromatic rings. The van der Waals surface area contributed by atoms with E-state index in [1.54, 1.807) is 35.3 Å². The summed E-state index contributed by atoms with van der Waals surface area (Å²) in [5.74, 6) is -1.01. The molecule has 0 bridgehead atoms. The van der Waals surface area contributed by atoms with Crippen LogP contribution in [0.1, 0.15) is 40.4 Å². The molecule has 3 heterocycles. The number of nitrogens with one attached hydrogen (secondary N) is 1. The lowest BCUT2D eigenvalue weighted by Crippen LogP contribution is -2.36. The number of likely N-dealkylation sites (tertiary alicyclic amines) is 1. The van der Waals surface area contributed by atoms with Gasteiger partial charge in [0.15, 0.2) is 5.65 Å². The summed E-state index contributed by atoms with van der Waals surface area (Å²) in [7, 11) is 0. The van der Waals surface area contributed by atoms with Crippen molar-refractivity contribution in [3.05, 3.63) is 65.6 Å². The lowest BCUT2D eigenvalue weighted by Gasteiger charge is -2.30. The van der Waals surface area contributed by atoms with E-state index in [-0.39, 0.29) is 18.0 Å². The van der Waals surface area contributed by atoms with E-state index in [4.69, 9.17) is 5.11 Å². The fraction of sp³-hybridized carbons (Fsp3) is 0.300. The van der Waals surface area contributed by atoms with Crippen LogP contribution < -0.4 is 5.32 Å². The minimum Gasteiger partial charge on any atom is -0.465 e. The van der Waals surface area contributed by atoms with Gasteiger partial charge in [-0.3, -0.25) is 9.78 Å². The summed E-state index contributed by atoms with van der Waals surface area (Å²) in [6.07, 6.45) is 7.14. The predicted molar refractivity (Wildman–Crippen MR) is 102 cm³/mol. The van der Waals surface area contributed by atoms with Crippen LogP contribution in [0.5, 0.6) is 0 Å². The lowest BCUT2D eigenvalue weighted by molar-refractivity contribution is 0.0946. The maximum absolute atomic E-state index is 14.6. The SMILES string of the molecule is O=C(NCc1cn2ccnc2cn1)c1ccc(C2CCN(C(=O)O)CC2)cc1F. The molecule has 2 aromatic heterocycles. The molecule has 8 nitrogen and oxygen atoms in total. The number of benzene rings is 1. The van der Waals surface area contributed by atoms with Crippen LogP contribution in [-0.2, 0) is 6.54 Å². The summed E-state index contributed by atoms with van der Waals surface area (Å²) >= 11 is 0. The van der Waals surface area contributed by atoms with Gasteiger partial charge in [0.25, 0.3) is 5.91 Å². The Labute approximate surface area is 166 Å². The first kappa shape index (κ1) is 18.9. The number of carbonyl (C=O) groups is 2. The Morgan fingerprint density at radius 3 is 2.76 bits per heavy atom. The third-order valence-corrected chi connectivity index (χ3v) is 5.24. The highest BCUT2D eigenvalue weighted by Crippen LogP contribution is 2.29. The molecule has 1 aliphatic heterocycles. The lowest BCUT2D eigenvalue weighted by atomic mass is 9.89. The molecule has 1 saturated heterocycles. The van der Waals surface area contributed by atoms with Crippen molar-refractivity contribution in [1.29, 1.82) is 0 Å². The quantitative estimate of drug-likeness (QED) is 0.705. The molecule has 0 saturated carbocycles. The van der Waals surface area contributed by atoms with Crippen molar-refractivity contribution in [3.63, 3.8) is 0 Å². The zero-order valence-corrected chi connectivity index (χ0v) is 15.6. The van der Waals surface area contributed by atoms with Gasteiger partial charge >= 0.3 is 6.09 Å². The van der Waals surface area contributed by atoms with Gasteiger partial charge in [0, 0.05) is 31.7 Å². The topological polar surface area (TPSA) is 99.8 Å². The van der Waals surface area contributed by atoms with Crippen LogP contribution in [0.3, 0.4) is 0 Å². The normalized spacial score (nSPS) is 14.9. The molecule has 2 amide bonds. The van der Waals surface area contributed by atoms with Gasteiger partial charge < -0.3 is 19.7 Å². The van der Waals surface area contributed by atoms with Crippen molar-refractivity contribution >= 4 is 17.6 Å². The fourth-order valence-corrected chi connectivity index (χ4v) is 3.60. The molecule has 0 radical (unpaired) electrons. The van der Waals surface area contributed by atoms with E-state index in [9.17, 15) is 14.0 Å². The number of amides is 2. The molecule has 1 aliphatic rings. The monoisotopic (exact) mass is 397 g/mol. The van der Waals surface area contributed by atoms with Crippen LogP contribution in [0.2, 0.25) is 0 Å². The Morgan fingerprint density at radius 2 is 2.03 bits per heavy atom. The van der Waals surface area contributed by atoms with Crippen LogP contribution in [0.4, 0.5) is 9.18 Å². The maximum atomic E-state index is 14.6. The van der Waals surface area contributed by atoms with Gasteiger partial charge in [-0.05, 0) is 36.5 Å². The van der Waals surface area contributed by atoms with Crippen molar-refractivity contribution in [2.45, 2.75) is 25.3 Å². The molecule has 29 heavy (non-hydrogen) atoms. The zero-order valence-electron chi connectivity index (χ0n) is 15.6. The third kappa shape index (κ3) is 4.03. The number of piperidine rings is 1. The largest absolute Gasteiger partial charge is 0.465 e. The average Bonchev–Trinajstić information content (AvgIpc) is 3.20. The summed E-state index contributed by atoms with van der Waals surface area (Å²) < 4.78 is 16.4. The molecular formula is C20H20FN5O3. The molecule has 9 heteroatoms. The second kappa shape index (κ2) is 7.86. The second-order valence-electron chi connectivity index (χ2n) is 7.04. The van der Waals surface area contributed by atoms with Gasteiger partial charge in [-0.15, -0.1) is 0 Å². The molecule has 2 N–H and O–H groups in total. The summed E-state index contributed by atoms with van der Waals surface area (Å²) in [6, 6.07) is 4.61. The van der Waals surface area contributed by atoms with E-state index in [0.29, 0.717) is 37.3 Å². The van der Waals surface area contributed by atoms with Crippen LogP contribution in [0, 0.1) is 5.82 Å². The van der Waals surface area contributed by atoms with Gasteiger partial charge in [0.2, 0.25) is 0 Å². The Bertz CT molecular complexity index is 1060. The summed E-state index contributed by atoms with van der Waals surface area (Å²) in [5, 5.41) is 11.7. The Morgan fingerprint density at radius 1 is 1.24 bits per heavy atom. The second-order valence-corrected chi connectivity index (χ2v) is 7.04. The minimum atomic E-state index is -0.927. The number of carbonyl (C=O) groups excluding carboxylic acids is 1. The van der Waals surface area contributed by atoms with Crippen molar-refractivity contribution in [1.82, 2.24) is 24.6 Å². The Balaban J connectivity index is 1.39. The number of rotatable bonds is 4. The van der Waals surface area contributed by atoms with Gasteiger partial charge in [-0.1, -0.05) is 6.07 Å². The van der Waals surface area contributed by atoms with Crippen molar-refractivity contribution in [3.8, 4) is 0 Å². The number of halogens is 1. The third-order valence-electron chi connectivity index (χ3n) is 5.24. The van der Waals surface area contributed by atoms with Crippen LogP contribution in [0.15, 0.2) is 43.0 Å². The highest BCUT2D eigenvalue weighted by Gasteiger charge is 2.24. The Kier molecular flexibility index (Phi) is 5.11. The number of fused-ring (bicyclic) bond motifs is 1. The van der Waals surface area contributed by atoms with Crippen LogP contribution in [-0.4, -0.2) is 49.5 Å². The minimum absolute atomic E-state index is 0.0274. The van der Waals surface area contributed by atoms with Gasteiger partial charge in [-0.2, -0.15) is 0 Å². The molecule has 0 unspecified atom stereocenters. The standard InChI is InChI=1S/C20H20FN5O3/c21-17-9-14(13-3-6-25(7-4-13)20(28)29)1-2-16(17)19(27)24-10-15-12-26-8-5-22-18(26)11-23-15/h1-2,5,8-9,11-13H,3-4,6-7,10H2,(H,24,27)(H,28,29). The number of nitrogens with zero attached hydrogens (tertiary/aromatic N) is 4. The molecule has 150 valence electrons. The first-order valence-corrected chi connectivity index (χ1v) is 9.34. The van der Waals surface area contributed by atoms with Crippen LogP contribution >= 0.6 is 0 Å². The van der Waals surface area contributed by atoms with Crippen LogP contribution in [0.25, 0.3) is 5.65 Å². The summed E-state index contributed by atoms with van der Waals surface area (Å²) in [5.41, 5.74) is 2.10. The van der Waals surface area contributed by atoms with Crippen molar-refractivity contribution in [2.24, 2.45) is 0 Å². The number of carboxylic acid groups (broad SMARTS) is 1. The fourth-order valence-electron chi connectivity index (χ4n) is 3.60. The van der Waals surface area contributed by atoms with E-state index < -0.39 is 17.8 Å². The molecule has 0 aliphatic carbocycles. The first-order chi connectivity index (χ1) is 14.0. The smallest absolute Gasteiger partial charge is 0.407 e. The zero-order chi connectivity index (χ0) is 20.4. The number of hydrogen-bond donors (Lipinski definition) is 2. The van der Waals surface area contributed by atoms with E-state index in [0.717, 1.165) is 5.56 Å². The molecule has 0 atom stereocenters. The predicted octanol–water partition coefficient (Wildman–Crippen LogP) is 2.66. The summed E-state index contributed by atoms with van der Waals surface area (Å²) in [6.45, 7) is 1.03. The van der Waals surface area contributed by atoms with Gasteiger partial charge in [-0.25, -0.2) is 14.2 Å². The average molecular weight is 397 g/mol.